The maximum absolute atomic E-state index is 13.8. The molecule has 0 atom stereocenters. The van der Waals surface area contributed by atoms with Gasteiger partial charge in [-0.3, -0.25) is 4.79 Å². The summed E-state index contributed by atoms with van der Waals surface area (Å²) in [5.41, 5.74) is 1.94. The smallest absolute Gasteiger partial charge is 0.251 e. The number of hydrogen-bond acceptors (Lipinski definition) is 4. The minimum atomic E-state index is -3.54. The van der Waals surface area contributed by atoms with Crippen LogP contribution in [0.2, 0.25) is 0 Å². The molecule has 168 valence electrons. The van der Waals surface area contributed by atoms with Crippen LogP contribution in [0, 0.1) is 11.7 Å². The minimum absolute atomic E-state index is 0.128. The zero-order chi connectivity index (χ0) is 22.3. The molecule has 2 aromatic carbocycles. The molecule has 0 spiro atoms. The summed E-state index contributed by atoms with van der Waals surface area (Å²) in [5.74, 6) is -0.548. The molecule has 0 aromatic heterocycles. The van der Waals surface area contributed by atoms with Crippen LogP contribution in [-0.4, -0.2) is 52.0 Å². The highest BCUT2D eigenvalue weighted by Crippen LogP contribution is 2.25. The van der Waals surface area contributed by atoms with E-state index in [-0.39, 0.29) is 17.2 Å². The number of rotatable bonds is 9. The fraction of sp³-hybridized carbons (Fsp3) is 0.435. The maximum Gasteiger partial charge on any atom is 0.251 e. The molecule has 1 saturated heterocycles. The third-order valence-electron chi connectivity index (χ3n) is 5.59. The van der Waals surface area contributed by atoms with Crippen molar-refractivity contribution in [1.82, 2.24) is 9.62 Å². The fourth-order valence-electron chi connectivity index (χ4n) is 3.79. The van der Waals surface area contributed by atoms with E-state index in [1.54, 1.807) is 19.2 Å². The van der Waals surface area contributed by atoms with Crippen LogP contribution in [0.4, 0.5) is 4.39 Å². The number of ether oxygens (including phenoxy) is 1. The lowest BCUT2D eigenvalue weighted by Crippen LogP contribution is -2.39. The standard InChI is InChI=1S/C23H29FN2O4S/c1-30-15-12-25-23(27)20-8-6-18(7-9-20)16-19-10-13-26(14-11-19)31(28,29)17-21-4-2-3-5-22(21)24/h2-9,19H,10-17H2,1H3,(H,25,27). The lowest BCUT2D eigenvalue weighted by molar-refractivity contribution is 0.0937. The Bertz CT molecular complexity index is 971. The summed E-state index contributed by atoms with van der Waals surface area (Å²) in [5, 5.41) is 2.79. The summed E-state index contributed by atoms with van der Waals surface area (Å²) >= 11 is 0. The molecule has 1 fully saturated rings. The third-order valence-corrected chi connectivity index (χ3v) is 7.42. The normalized spacial score (nSPS) is 15.7. The van der Waals surface area contributed by atoms with Crippen molar-refractivity contribution >= 4 is 15.9 Å². The Hall–Kier alpha value is -2.29. The van der Waals surface area contributed by atoms with Gasteiger partial charge in [0, 0.05) is 37.9 Å². The van der Waals surface area contributed by atoms with Gasteiger partial charge in [-0.05, 0) is 48.9 Å². The quantitative estimate of drug-likeness (QED) is 0.599. The van der Waals surface area contributed by atoms with E-state index in [2.05, 4.69) is 5.32 Å². The second kappa shape index (κ2) is 10.8. The molecule has 1 aliphatic heterocycles. The van der Waals surface area contributed by atoms with E-state index < -0.39 is 15.8 Å². The molecule has 6 nitrogen and oxygen atoms in total. The van der Waals surface area contributed by atoms with Gasteiger partial charge in [0.2, 0.25) is 10.0 Å². The van der Waals surface area contributed by atoms with E-state index >= 15 is 0 Å². The number of nitrogens with one attached hydrogen (secondary N) is 1. The highest BCUT2D eigenvalue weighted by atomic mass is 32.2. The van der Waals surface area contributed by atoms with Crippen LogP contribution in [0.15, 0.2) is 48.5 Å². The number of halogens is 1. The van der Waals surface area contributed by atoms with Crippen LogP contribution in [0.5, 0.6) is 0 Å². The van der Waals surface area contributed by atoms with Crippen molar-refractivity contribution in [2.75, 3.05) is 33.4 Å². The van der Waals surface area contributed by atoms with Crippen molar-refractivity contribution in [3.63, 3.8) is 0 Å². The second-order valence-corrected chi connectivity index (χ2v) is 9.81. The first-order valence-corrected chi connectivity index (χ1v) is 12.1. The van der Waals surface area contributed by atoms with Gasteiger partial charge in [-0.1, -0.05) is 30.3 Å². The van der Waals surface area contributed by atoms with Gasteiger partial charge in [-0.2, -0.15) is 0 Å². The molecule has 1 heterocycles. The van der Waals surface area contributed by atoms with Gasteiger partial charge in [0.1, 0.15) is 5.82 Å². The number of benzene rings is 2. The topological polar surface area (TPSA) is 75.7 Å². The van der Waals surface area contributed by atoms with E-state index in [4.69, 9.17) is 4.74 Å². The second-order valence-electron chi connectivity index (χ2n) is 7.84. The van der Waals surface area contributed by atoms with Crippen LogP contribution in [0.3, 0.4) is 0 Å². The predicted molar refractivity (Wildman–Crippen MR) is 118 cm³/mol. The molecule has 0 aliphatic carbocycles. The molecular weight excluding hydrogens is 419 g/mol. The van der Waals surface area contributed by atoms with E-state index in [1.165, 1.54) is 16.4 Å². The van der Waals surface area contributed by atoms with Crippen molar-refractivity contribution in [1.29, 1.82) is 0 Å². The molecular formula is C23H29FN2O4S. The van der Waals surface area contributed by atoms with Gasteiger partial charge in [-0.25, -0.2) is 17.1 Å². The van der Waals surface area contributed by atoms with Crippen molar-refractivity contribution in [3.05, 3.63) is 71.0 Å². The van der Waals surface area contributed by atoms with Crippen molar-refractivity contribution in [3.8, 4) is 0 Å². The Morgan fingerprint density at radius 1 is 1.13 bits per heavy atom. The highest BCUT2D eigenvalue weighted by molar-refractivity contribution is 7.88. The summed E-state index contributed by atoms with van der Waals surface area (Å²) in [6.45, 7) is 1.83. The number of amides is 1. The summed E-state index contributed by atoms with van der Waals surface area (Å²) in [7, 11) is -1.95. The average molecular weight is 449 g/mol. The molecule has 8 heteroatoms. The Balaban J connectivity index is 1.49. The number of hydrogen-bond donors (Lipinski definition) is 1. The average Bonchev–Trinajstić information content (AvgIpc) is 2.76. The van der Waals surface area contributed by atoms with E-state index in [1.807, 2.05) is 24.3 Å². The van der Waals surface area contributed by atoms with Crippen LogP contribution in [-0.2, 0) is 26.9 Å². The molecule has 1 N–H and O–H groups in total. The van der Waals surface area contributed by atoms with Crippen LogP contribution in [0.25, 0.3) is 0 Å². The highest BCUT2D eigenvalue weighted by Gasteiger charge is 2.28. The van der Waals surface area contributed by atoms with Gasteiger partial charge in [0.15, 0.2) is 0 Å². The monoisotopic (exact) mass is 448 g/mol. The first kappa shape index (κ1) is 23.4. The number of nitrogens with zero attached hydrogens (tertiary/aromatic N) is 1. The number of carbonyl (C=O) groups is 1. The largest absolute Gasteiger partial charge is 0.383 e. The first-order chi connectivity index (χ1) is 14.9. The van der Waals surface area contributed by atoms with Gasteiger partial charge < -0.3 is 10.1 Å². The van der Waals surface area contributed by atoms with Crippen LogP contribution in [0.1, 0.15) is 34.3 Å². The molecule has 1 amide bonds. The molecule has 1 aliphatic rings. The number of sulfonamides is 1. The zero-order valence-corrected chi connectivity index (χ0v) is 18.5. The molecule has 0 radical (unpaired) electrons. The summed E-state index contributed by atoms with van der Waals surface area (Å²) in [4.78, 5) is 12.1. The lowest BCUT2D eigenvalue weighted by atomic mass is 9.91. The Kier molecular flexibility index (Phi) is 8.17. The fourth-order valence-corrected chi connectivity index (χ4v) is 5.37. The van der Waals surface area contributed by atoms with E-state index in [0.717, 1.165) is 24.8 Å². The Morgan fingerprint density at radius 3 is 2.45 bits per heavy atom. The summed E-state index contributed by atoms with van der Waals surface area (Å²) in [6, 6.07) is 13.5. The van der Waals surface area contributed by atoms with E-state index in [0.29, 0.717) is 37.7 Å². The van der Waals surface area contributed by atoms with Gasteiger partial charge >= 0.3 is 0 Å². The Labute approximate surface area is 183 Å². The molecule has 3 rings (SSSR count). The van der Waals surface area contributed by atoms with Crippen molar-refractivity contribution in [2.45, 2.75) is 25.0 Å². The van der Waals surface area contributed by atoms with Crippen molar-refractivity contribution in [2.24, 2.45) is 5.92 Å². The molecule has 0 saturated carbocycles. The zero-order valence-electron chi connectivity index (χ0n) is 17.7. The van der Waals surface area contributed by atoms with Crippen molar-refractivity contribution < 1.29 is 22.3 Å². The lowest BCUT2D eigenvalue weighted by Gasteiger charge is -2.31. The number of methoxy groups -OCH3 is 1. The summed E-state index contributed by atoms with van der Waals surface area (Å²) < 4.78 is 45.6. The predicted octanol–water partition coefficient (Wildman–Crippen LogP) is 2.99. The molecule has 31 heavy (non-hydrogen) atoms. The molecule has 2 aromatic rings. The molecule has 0 bridgehead atoms. The van der Waals surface area contributed by atoms with Gasteiger partial charge in [-0.15, -0.1) is 0 Å². The third kappa shape index (κ3) is 6.59. The number of carbonyl (C=O) groups excluding carboxylic acids is 1. The van der Waals surface area contributed by atoms with Crippen LogP contribution >= 0.6 is 0 Å². The first-order valence-electron chi connectivity index (χ1n) is 10.5. The summed E-state index contributed by atoms with van der Waals surface area (Å²) in [6.07, 6.45) is 2.36. The van der Waals surface area contributed by atoms with Gasteiger partial charge in [0.05, 0.1) is 12.4 Å². The molecule has 0 unspecified atom stereocenters. The van der Waals surface area contributed by atoms with Gasteiger partial charge in [0.25, 0.3) is 5.91 Å². The number of piperidine rings is 1. The SMILES string of the molecule is COCCNC(=O)c1ccc(CC2CCN(S(=O)(=O)Cc3ccccc3F)CC2)cc1. The Morgan fingerprint density at radius 2 is 1.81 bits per heavy atom. The van der Waals surface area contributed by atoms with E-state index in [9.17, 15) is 17.6 Å². The van der Waals surface area contributed by atoms with Crippen LogP contribution < -0.4 is 5.32 Å². The maximum atomic E-state index is 13.8. The minimum Gasteiger partial charge on any atom is -0.383 e.